The molecule has 2 atom stereocenters. The van der Waals surface area contributed by atoms with E-state index in [2.05, 4.69) is 46.4 Å². The molecule has 1 amide bonds. The summed E-state index contributed by atoms with van der Waals surface area (Å²) in [5.41, 5.74) is 4.14. The quantitative estimate of drug-likeness (QED) is 0.625. The second-order valence-electron chi connectivity index (χ2n) is 6.79. The number of nitrogens with zero attached hydrogens (tertiary/aromatic N) is 1. The molecule has 1 aromatic carbocycles. The first-order valence-electron chi connectivity index (χ1n) is 7.87. The van der Waals surface area contributed by atoms with Crippen molar-refractivity contribution in [2.75, 3.05) is 6.61 Å². The maximum Gasteiger partial charge on any atom is 0.277 e. The summed E-state index contributed by atoms with van der Waals surface area (Å²) in [6.07, 6.45) is 6.39. The zero-order valence-electron chi connectivity index (χ0n) is 13.4. The summed E-state index contributed by atoms with van der Waals surface area (Å²) in [7, 11) is 0. The fourth-order valence-corrected chi connectivity index (χ4v) is 3.84. The van der Waals surface area contributed by atoms with Crippen molar-refractivity contribution in [2.24, 2.45) is 22.4 Å². The highest BCUT2D eigenvalue weighted by Gasteiger charge is 2.50. The summed E-state index contributed by atoms with van der Waals surface area (Å²) >= 11 is 3.36. The first-order chi connectivity index (χ1) is 11.0. The molecule has 0 spiro atoms. The molecule has 5 heteroatoms. The van der Waals surface area contributed by atoms with Crippen LogP contribution in [0.4, 0.5) is 0 Å². The molecule has 0 aromatic heterocycles. The van der Waals surface area contributed by atoms with Crippen LogP contribution in [-0.4, -0.2) is 18.7 Å². The molecule has 4 rings (SSSR count). The fraction of sp³-hybridized carbons (Fsp3) is 0.444. The minimum Gasteiger partial charge on any atom is -0.484 e. The van der Waals surface area contributed by atoms with E-state index in [4.69, 9.17) is 4.74 Å². The number of halogens is 1. The van der Waals surface area contributed by atoms with Crippen LogP contribution in [-0.2, 0) is 4.79 Å². The first kappa shape index (κ1) is 16.2. The number of hydrogen-bond acceptors (Lipinski definition) is 3. The van der Waals surface area contributed by atoms with E-state index in [1.807, 2.05) is 24.3 Å². The van der Waals surface area contributed by atoms with E-state index in [1.54, 1.807) is 6.21 Å². The number of fused-ring (bicyclic) bond motifs is 1. The van der Waals surface area contributed by atoms with Crippen molar-refractivity contribution in [3.63, 3.8) is 0 Å². The van der Waals surface area contributed by atoms with E-state index < -0.39 is 0 Å². The summed E-state index contributed by atoms with van der Waals surface area (Å²) in [6, 6.07) is 7.39. The summed E-state index contributed by atoms with van der Waals surface area (Å²) in [4.78, 5) is 11.8. The third-order valence-electron chi connectivity index (χ3n) is 5.08. The zero-order valence-corrected chi connectivity index (χ0v) is 15.0. The van der Waals surface area contributed by atoms with Crippen LogP contribution in [0, 0.1) is 17.3 Å². The Morgan fingerprint density at radius 3 is 3.04 bits per heavy atom. The summed E-state index contributed by atoms with van der Waals surface area (Å²) in [6.45, 7) is 4.58. The van der Waals surface area contributed by atoms with Gasteiger partial charge in [0.15, 0.2) is 6.61 Å². The van der Waals surface area contributed by atoms with Crippen LogP contribution in [0.2, 0.25) is 0 Å². The number of hydrazone groups is 1. The van der Waals surface area contributed by atoms with Crippen LogP contribution >= 0.6 is 15.9 Å². The number of nitrogens with one attached hydrogen (secondary N) is 1. The molecule has 1 fully saturated rings. The highest BCUT2D eigenvalue weighted by molar-refractivity contribution is 9.10. The van der Waals surface area contributed by atoms with Crippen molar-refractivity contribution in [2.45, 2.75) is 26.7 Å². The van der Waals surface area contributed by atoms with Crippen LogP contribution in [0.25, 0.3) is 0 Å². The van der Waals surface area contributed by atoms with E-state index in [9.17, 15) is 4.79 Å². The number of carbonyl (C=O) groups is 1. The third kappa shape index (κ3) is 3.50. The largest absolute Gasteiger partial charge is 0.484 e. The minimum absolute atomic E-state index is 0.0517. The van der Waals surface area contributed by atoms with Crippen LogP contribution in [0.3, 0.4) is 0 Å². The van der Waals surface area contributed by atoms with Gasteiger partial charge < -0.3 is 4.74 Å². The van der Waals surface area contributed by atoms with Crippen LogP contribution < -0.4 is 10.2 Å². The van der Waals surface area contributed by atoms with Gasteiger partial charge in [-0.2, -0.15) is 5.10 Å². The van der Waals surface area contributed by atoms with Gasteiger partial charge in [0.2, 0.25) is 0 Å². The summed E-state index contributed by atoms with van der Waals surface area (Å²) < 4.78 is 6.34. The van der Waals surface area contributed by atoms with Gasteiger partial charge in [-0.05, 0) is 53.9 Å². The number of rotatable bonds is 5. The van der Waals surface area contributed by atoms with Gasteiger partial charge in [-0.3, -0.25) is 4.79 Å². The van der Waals surface area contributed by atoms with Crippen LogP contribution in [0.1, 0.15) is 26.7 Å². The topological polar surface area (TPSA) is 50.7 Å². The molecule has 0 saturated heterocycles. The normalized spacial score (nSPS) is 24.7. The van der Waals surface area contributed by atoms with Crippen molar-refractivity contribution in [3.05, 3.63) is 40.4 Å². The predicted molar refractivity (Wildman–Crippen MR) is 94.3 cm³/mol. The predicted octanol–water partition coefficient (Wildman–Crippen LogP) is 3.92. The maximum absolute atomic E-state index is 11.8. The second kappa shape index (κ2) is 6.48. The SMILES string of the molecule is CC1(C)C2CC=C(/C=N/NC(=O)COc3cccc(Br)c3)C1C2. The highest BCUT2D eigenvalue weighted by Crippen LogP contribution is 2.58. The Balaban J connectivity index is 1.47. The van der Waals surface area contributed by atoms with Gasteiger partial charge in [-0.15, -0.1) is 0 Å². The Morgan fingerprint density at radius 1 is 1.52 bits per heavy atom. The lowest BCUT2D eigenvalue weighted by Crippen LogP contribution is -2.48. The lowest BCUT2D eigenvalue weighted by atomic mass is 9.49. The van der Waals surface area contributed by atoms with E-state index >= 15 is 0 Å². The van der Waals surface area contributed by atoms with Gasteiger partial charge in [0, 0.05) is 4.47 Å². The number of benzene rings is 1. The molecule has 2 unspecified atom stereocenters. The lowest BCUT2D eigenvalue weighted by molar-refractivity contribution is -0.123. The van der Waals surface area contributed by atoms with Crippen molar-refractivity contribution in [3.8, 4) is 5.75 Å². The molecule has 1 aromatic rings. The average molecular weight is 377 g/mol. The minimum atomic E-state index is -0.261. The Morgan fingerprint density at radius 2 is 2.35 bits per heavy atom. The maximum atomic E-state index is 11.8. The lowest BCUT2D eigenvalue weighted by Gasteiger charge is -2.55. The number of hydrogen-bond donors (Lipinski definition) is 1. The molecule has 0 aliphatic heterocycles. The fourth-order valence-electron chi connectivity index (χ4n) is 3.46. The van der Waals surface area contributed by atoms with Gasteiger partial charge in [0.25, 0.3) is 5.91 Å². The van der Waals surface area contributed by atoms with Crippen molar-refractivity contribution in [1.29, 1.82) is 0 Å². The standard InChI is InChI=1S/C18H21BrN2O2/c1-18(2)13-7-6-12(16(18)8-13)10-20-21-17(22)11-23-15-5-3-4-14(19)9-15/h3-6,9-10,13,16H,7-8,11H2,1-2H3,(H,21,22)/b20-10+. The Kier molecular flexibility index (Phi) is 4.57. The smallest absolute Gasteiger partial charge is 0.277 e. The van der Waals surface area contributed by atoms with Gasteiger partial charge in [0.05, 0.1) is 6.21 Å². The first-order valence-corrected chi connectivity index (χ1v) is 8.66. The van der Waals surface area contributed by atoms with Gasteiger partial charge in [-0.25, -0.2) is 5.43 Å². The Hall–Kier alpha value is -1.62. The number of carbonyl (C=O) groups excluding carboxylic acids is 1. The monoisotopic (exact) mass is 376 g/mol. The van der Waals surface area contributed by atoms with Crippen LogP contribution in [0.15, 0.2) is 45.5 Å². The highest BCUT2D eigenvalue weighted by atomic mass is 79.9. The molecule has 3 aliphatic carbocycles. The average Bonchev–Trinajstić information content (AvgIpc) is 2.53. The van der Waals surface area contributed by atoms with E-state index in [-0.39, 0.29) is 12.5 Å². The zero-order chi connectivity index (χ0) is 16.4. The molecule has 1 N–H and O–H groups in total. The van der Waals surface area contributed by atoms with Gasteiger partial charge in [-0.1, -0.05) is 41.9 Å². The molecule has 0 radical (unpaired) electrons. The second-order valence-corrected chi connectivity index (χ2v) is 7.70. The number of allylic oxidation sites excluding steroid dienone is 2. The molecule has 23 heavy (non-hydrogen) atoms. The molecule has 1 saturated carbocycles. The Labute approximate surface area is 145 Å². The van der Waals surface area contributed by atoms with Crippen molar-refractivity contribution in [1.82, 2.24) is 5.43 Å². The molecule has 122 valence electrons. The molecule has 4 nitrogen and oxygen atoms in total. The number of ether oxygens (including phenoxy) is 1. The van der Waals surface area contributed by atoms with Gasteiger partial charge in [0.1, 0.15) is 5.75 Å². The van der Waals surface area contributed by atoms with E-state index in [0.717, 1.165) is 16.8 Å². The number of amides is 1. The molecular weight excluding hydrogens is 356 g/mol. The van der Waals surface area contributed by atoms with E-state index in [0.29, 0.717) is 17.1 Å². The summed E-state index contributed by atoms with van der Waals surface area (Å²) in [5.74, 6) is 1.76. The van der Waals surface area contributed by atoms with Crippen molar-refractivity contribution >= 4 is 28.1 Å². The molecule has 2 bridgehead atoms. The molecule has 0 heterocycles. The van der Waals surface area contributed by atoms with Crippen LogP contribution in [0.5, 0.6) is 5.75 Å². The molecule has 3 aliphatic rings. The van der Waals surface area contributed by atoms with Crippen molar-refractivity contribution < 1.29 is 9.53 Å². The van der Waals surface area contributed by atoms with Gasteiger partial charge >= 0.3 is 0 Å². The van der Waals surface area contributed by atoms with E-state index in [1.165, 1.54) is 12.0 Å². The molecular formula is C18H21BrN2O2. The summed E-state index contributed by atoms with van der Waals surface area (Å²) in [5, 5.41) is 4.08. The third-order valence-corrected chi connectivity index (χ3v) is 5.57. The Bertz CT molecular complexity index is 667.